The molecule has 0 spiro atoms. The van der Waals surface area contributed by atoms with Crippen LogP contribution < -0.4 is 5.73 Å². The number of ether oxygens (including phenoxy) is 1. The van der Waals surface area contributed by atoms with Gasteiger partial charge in [-0.05, 0) is 6.92 Å². The van der Waals surface area contributed by atoms with Gasteiger partial charge in [0.2, 0.25) is 0 Å². The number of rotatable bonds is 4. The summed E-state index contributed by atoms with van der Waals surface area (Å²) < 4.78 is 4.72. The average Bonchev–Trinajstić information content (AvgIpc) is 1.63. The fourth-order valence-electron chi connectivity index (χ4n) is 0.343. The summed E-state index contributed by atoms with van der Waals surface area (Å²) >= 11 is 0. The first-order valence-electron chi connectivity index (χ1n) is 2.76. The van der Waals surface area contributed by atoms with Crippen molar-refractivity contribution in [1.82, 2.24) is 0 Å². The molecule has 0 rings (SSSR count). The van der Waals surface area contributed by atoms with Crippen LogP contribution in [-0.4, -0.2) is 35.8 Å². The lowest BCUT2D eigenvalue weighted by atomic mass is 10.3. The maximum absolute atomic E-state index is 8.82. The minimum atomic E-state index is -1.28. The molecule has 0 radical (unpaired) electrons. The van der Waals surface area contributed by atoms with Crippen LogP contribution in [0, 0.1) is 0 Å². The van der Waals surface area contributed by atoms with Crippen LogP contribution in [0.2, 0.25) is 0 Å². The monoisotopic (exact) mass is 135 g/mol. The van der Waals surface area contributed by atoms with Crippen LogP contribution in [0.1, 0.15) is 6.92 Å². The van der Waals surface area contributed by atoms with E-state index in [1.165, 1.54) is 6.92 Å². The first kappa shape index (κ1) is 8.84. The van der Waals surface area contributed by atoms with Crippen molar-refractivity contribution in [2.75, 3.05) is 19.8 Å². The molecular weight excluding hydrogens is 122 g/mol. The Hall–Kier alpha value is -0.160. The van der Waals surface area contributed by atoms with Crippen molar-refractivity contribution >= 4 is 0 Å². The topological polar surface area (TPSA) is 75.7 Å². The Morgan fingerprint density at radius 2 is 2.22 bits per heavy atom. The molecule has 0 aromatic rings. The second-order valence-corrected chi connectivity index (χ2v) is 2.13. The van der Waals surface area contributed by atoms with E-state index in [1.807, 2.05) is 0 Å². The molecule has 0 bridgehead atoms. The van der Waals surface area contributed by atoms with Crippen molar-refractivity contribution in [2.24, 2.45) is 5.73 Å². The standard InChI is InChI=1S/C5H13NO3/c1-5(6,8)4-9-3-2-7/h7-8H,2-4,6H2,1H3. The van der Waals surface area contributed by atoms with Crippen molar-refractivity contribution in [3.8, 4) is 0 Å². The summed E-state index contributed by atoms with van der Waals surface area (Å²) in [6.07, 6.45) is 0. The maximum atomic E-state index is 8.82. The molecule has 0 amide bonds. The van der Waals surface area contributed by atoms with Gasteiger partial charge in [-0.25, -0.2) is 0 Å². The second kappa shape index (κ2) is 3.79. The van der Waals surface area contributed by atoms with Gasteiger partial charge < -0.3 is 20.7 Å². The van der Waals surface area contributed by atoms with Gasteiger partial charge in [-0.1, -0.05) is 0 Å². The van der Waals surface area contributed by atoms with E-state index in [4.69, 9.17) is 20.7 Å². The molecule has 0 fully saturated rings. The van der Waals surface area contributed by atoms with Gasteiger partial charge in [0.25, 0.3) is 0 Å². The molecule has 0 aliphatic rings. The van der Waals surface area contributed by atoms with E-state index in [0.717, 1.165) is 0 Å². The van der Waals surface area contributed by atoms with E-state index in [-0.39, 0.29) is 19.8 Å². The van der Waals surface area contributed by atoms with Gasteiger partial charge in [-0.15, -0.1) is 0 Å². The normalized spacial score (nSPS) is 17.3. The van der Waals surface area contributed by atoms with Gasteiger partial charge in [0, 0.05) is 0 Å². The largest absolute Gasteiger partial charge is 0.394 e. The SMILES string of the molecule is CC(N)(O)COCCO. The van der Waals surface area contributed by atoms with Gasteiger partial charge in [0.15, 0.2) is 0 Å². The fraction of sp³-hybridized carbons (Fsp3) is 1.00. The van der Waals surface area contributed by atoms with Crippen LogP contribution >= 0.6 is 0 Å². The summed E-state index contributed by atoms with van der Waals surface area (Å²) in [5.74, 6) is 0. The van der Waals surface area contributed by atoms with E-state index in [9.17, 15) is 0 Å². The van der Waals surface area contributed by atoms with Crippen molar-refractivity contribution < 1.29 is 14.9 Å². The van der Waals surface area contributed by atoms with Crippen molar-refractivity contribution in [1.29, 1.82) is 0 Å². The zero-order chi connectivity index (χ0) is 7.33. The number of aliphatic hydroxyl groups is 2. The predicted octanol–water partition coefficient (Wildman–Crippen LogP) is -1.34. The highest BCUT2D eigenvalue weighted by Gasteiger charge is 2.11. The number of nitrogens with two attached hydrogens (primary N) is 1. The highest BCUT2D eigenvalue weighted by atomic mass is 16.5. The van der Waals surface area contributed by atoms with Crippen molar-refractivity contribution in [3.05, 3.63) is 0 Å². The van der Waals surface area contributed by atoms with E-state index in [0.29, 0.717) is 0 Å². The Morgan fingerprint density at radius 1 is 1.67 bits per heavy atom. The molecule has 56 valence electrons. The number of hydrogen-bond acceptors (Lipinski definition) is 4. The van der Waals surface area contributed by atoms with Crippen LogP contribution in [0.15, 0.2) is 0 Å². The molecular formula is C5H13NO3. The Morgan fingerprint density at radius 3 is 2.56 bits per heavy atom. The first-order chi connectivity index (χ1) is 4.06. The van der Waals surface area contributed by atoms with E-state index < -0.39 is 5.72 Å². The summed E-state index contributed by atoms with van der Waals surface area (Å²) in [5.41, 5.74) is 3.84. The van der Waals surface area contributed by atoms with Gasteiger partial charge in [0.1, 0.15) is 5.72 Å². The Bertz CT molecular complexity index is 69.1. The van der Waals surface area contributed by atoms with E-state index in [1.54, 1.807) is 0 Å². The van der Waals surface area contributed by atoms with Gasteiger partial charge >= 0.3 is 0 Å². The molecule has 4 nitrogen and oxygen atoms in total. The zero-order valence-electron chi connectivity index (χ0n) is 5.50. The lowest BCUT2D eigenvalue weighted by molar-refractivity contribution is -0.0366. The summed E-state index contributed by atoms with van der Waals surface area (Å²) in [7, 11) is 0. The lowest BCUT2D eigenvalue weighted by Gasteiger charge is -2.15. The first-order valence-corrected chi connectivity index (χ1v) is 2.76. The van der Waals surface area contributed by atoms with Gasteiger partial charge in [-0.3, -0.25) is 0 Å². The van der Waals surface area contributed by atoms with Crippen molar-refractivity contribution in [3.63, 3.8) is 0 Å². The maximum Gasteiger partial charge on any atom is 0.134 e. The summed E-state index contributed by atoms with van der Waals surface area (Å²) in [4.78, 5) is 0. The lowest BCUT2D eigenvalue weighted by Crippen LogP contribution is -2.41. The third-order valence-electron chi connectivity index (χ3n) is 0.630. The zero-order valence-corrected chi connectivity index (χ0v) is 5.50. The summed E-state index contributed by atoms with van der Waals surface area (Å²) in [5, 5.41) is 17.0. The Labute approximate surface area is 54.2 Å². The molecule has 9 heavy (non-hydrogen) atoms. The minimum Gasteiger partial charge on any atom is -0.394 e. The predicted molar refractivity (Wildman–Crippen MR) is 32.7 cm³/mol. The number of hydrogen-bond donors (Lipinski definition) is 3. The quantitative estimate of drug-likeness (QED) is 0.329. The molecule has 1 unspecified atom stereocenters. The molecule has 0 aliphatic carbocycles. The third-order valence-corrected chi connectivity index (χ3v) is 0.630. The summed E-state index contributed by atoms with van der Waals surface area (Å²) in [6.45, 7) is 1.65. The third kappa shape index (κ3) is 7.84. The van der Waals surface area contributed by atoms with E-state index in [2.05, 4.69) is 0 Å². The fourth-order valence-corrected chi connectivity index (χ4v) is 0.343. The molecule has 1 atom stereocenters. The highest BCUT2D eigenvalue weighted by molar-refractivity contribution is 4.59. The summed E-state index contributed by atoms with van der Waals surface area (Å²) in [6, 6.07) is 0. The van der Waals surface area contributed by atoms with Crippen LogP contribution in [-0.2, 0) is 4.74 Å². The van der Waals surface area contributed by atoms with Gasteiger partial charge in [0.05, 0.1) is 19.8 Å². The Balaban J connectivity index is 3.07. The molecule has 0 aromatic carbocycles. The van der Waals surface area contributed by atoms with Crippen molar-refractivity contribution in [2.45, 2.75) is 12.6 Å². The Kier molecular flexibility index (Phi) is 3.72. The molecule has 0 aromatic heterocycles. The van der Waals surface area contributed by atoms with Crippen LogP contribution in [0.25, 0.3) is 0 Å². The van der Waals surface area contributed by atoms with Crippen LogP contribution in [0.3, 0.4) is 0 Å². The van der Waals surface area contributed by atoms with Crippen LogP contribution in [0.4, 0.5) is 0 Å². The molecule has 0 saturated heterocycles. The molecule has 0 aliphatic heterocycles. The average molecular weight is 135 g/mol. The smallest absolute Gasteiger partial charge is 0.134 e. The van der Waals surface area contributed by atoms with E-state index >= 15 is 0 Å². The molecule has 4 heteroatoms. The van der Waals surface area contributed by atoms with Crippen LogP contribution in [0.5, 0.6) is 0 Å². The number of aliphatic hydroxyl groups excluding tert-OH is 1. The molecule has 0 saturated carbocycles. The van der Waals surface area contributed by atoms with Gasteiger partial charge in [-0.2, -0.15) is 0 Å². The minimum absolute atomic E-state index is 0.0456. The highest BCUT2D eigenvalue weighted by Crippen LogP contribution is 1.91. The molecule has 4 N–H and O–H groups in total. The molecule has 0 heterocycles. The second-order valence-electron chi connectivity index (χ2n) is 2.13.